The molecule has 34 heavy (non-hydrogen) atoms. The molecule has 0 aliphatic rings. The fourth-order valence-electron chi connectivity index (χ4n) is 3.14. The maximum Gasteiger partial charge on any atom is 0.264 e. The first-order valence-electron chi connectivity index (χ1n) is 10.2. The van der Waals surface area contributed by atoms with Gasteiger partial charge in [-0.15, -0.1) is 0 Å². The Morgan fingerprint density at radius 3 is 2.24 bits per heavy atom. The van der Waals surface area contributed by atoms with E-state index >= 15 is 0 Å². The van der Waals surface area contributed by atoms with Gasteiger partial charge < -0.3 is 14.2 Å². The van der Waals surface area contributed by atoms with Gasteiger partial charge in [0.2, 0.25) is 0 Å². The summed E-state index contributed by atoms with van der Waals surface area (Å²) in [5, 5.41) is 3.95. The SMILES string of the molecule is COc1ccc(N(CC(=O)N/N=C\c2cccc(OC)c2OC)S(=O)(=O)c2ccccc2)cc1. The van der Waals surface area contributed by atoms with Crippen molar-refractivity contribution in [2.75, 3.05) is 32.2 Å². The topological polar surface area (TPSA) is 107 Å². The highest BCUT2D eigenvalue weighted by atomic mass is 32.2. The van der Waals surface area contributed by atoms with Crippen molar-refractivity contribution in [2.45, 2.75) is 4.90 Å². The highest BCUT2D eigenvalue weighted by Crippen LogP contribution is 2.29. The summed E-state index contributed by atoms with van der Waals surface area (Å²) in [6, 6.07) is 19.5. The molecule has 10 heteroatoms. The fourth-order valence-corrected chi connectivity index (χ4v) is 4.58. The molecule has 0 spiro atoms. The van der Waals surface area contributed by atoms with Gasteiger partial charge in [0.25, 0.3) is 15.9 Å². The monoisotopic (exact) mass is 483 g/mol. The lowest BCUT2D eigenvalue weighted by molar-refractivity contribution is -0.119. The Kier molecular flexibility index (Phi) is 8.10. The summed E-state index contributed by atoms with van der Waals surface area (Å²) in [4.78, 5) is 12.7. The van der Waals surface area contributed by atoms with Gasteiger partial charge in [-0.1, -0.05) is 24.3 Å². The van der Waals surface area contributed by atoms with Crippen LogP contribution in [0.4, 0.5) is 5.69 Å². The van der Waals surface area contributed by atoms with Crippen molar-refractivity contribution in [1.29, 1.82) is 0 Å². The van der Waals surface area contributed by atoms with Crippen molar-refractivity contribution >= 4 is 27.8 Å². The Bertz CT molecular complexity index is 1250. The molecule has 0 bridgehead atoms. The molecular formula is C24H25N3O6S. The lowest BCUT2D eigenvalue weighted by Crippen LogP contribution is -2.39. The van der Waals surface area contributed by atoms with Gasteiger partial charge in [0.05, 0.1) is 38.1 Å². The van der Waals surface area contributed by atoms with Crippen LogP contribution >= 0.6 is 0 Å². The number of hydrazone groups is 1. The van der Waals surface area contributed by atoms with Crippen LogP contribution in [0.1, 0.15) is 5.56 Å². The van der Waals surface area contributed by atoms with Gasteiger partial charge in [-0.25, -0.2) is 13.8 Å². The molecule has 1 N–H and O–H groups in total. The number of rotatable bonds is 10. The van der Waals surface area contributed by atoms with Gasteiger partial charge in [0.1, 0.15) is 12.3 Å². The zero-order valence-corrected chi connectivity index (χ0v) is 19.8. The molecule has 3 aromatic carbocycles. The first kappa shape index (κ1) is 24.6. The minimum atomic E-state index is -4.02. The van der Waals surface area contributed by atoms with Crippen LogP contribution in [0.5, 0.6) is 17.2 Å². The van der Waals surface area contributed by atoms with Crippen molar-refractivity contribution in [3.05, 3.63) is 78.4 Å². The van der Waals surface area contributed by atoms with Crippen molar-refractivity contribution in [3.63, 3.8) is 0 Å². The first-order chi connectivity index (χ1) is 16.4. The number of sulfonamides is 1. The number of benzene rings is 3. The molecule has 0 saturated carbocycles. The van der Waals surface area contributed by atoms with Gasteiger partial charge in [0.15, 0.2) is 11.5 Å². The van der Waals surface area contributed by atoms with Gasteiger partial charge in [-0.3, -0.25) is 9.10 Å². The van der Waals surface area contributed by atoms with Crippen LogP contribution in [-0.2, 0) is 14.8 Å². The summed E-state index contributed by atoms with van der Waals surface area (Å²) in [5.74, 6) is 0.891. The third kappa shape index (κ3) is 5.65. The molecule has 0 fully saturated rings. The maximum atomic E-state index is 13.3. The Morgan fingerprint density at radius 2 is 1.62 bits per heavy atom. The molecule has 0 aliphatic heterocycles. The molecule has 9 nitrogen and oxygen atoms in total. The summed E-state index contributed by atoms with van der Waals surface area (Å²) in [6.07, 6.45) is 1.39. The molecule has 0 heterocycles. The lowest BCUT2D eigenvalue weighted by Gasteiger charge is -2.23. The Balaban J connectivity index is 1.84. The van der Waals surface area contributed by atoms with Crippen molar-refractivity contribution in [2.24, 2.45) is 5.10 Å². The normalized spacial score (nSPS) is 11.1. The number of hydrogen-bond donors (Lipinski definition) is 1. The molecule has 0 aliphatic carbocycles. The smallest absolute Gasteiger partial charge is 0.264 e. The highest BCUT2D eigenvalue weighted by Gasteiger charge is 2.27. The zero-order valence-electron chi connectivity index (χ0n) is 19.0. The van der Waals surface area contributed by atoms with Crippen LogP contribution in [-0.4, -0.2) is 48.4 Å². The standard InChI is InChI=1S/C24H25N3O6S/c1-31-20-14-12-19(13-15-20)27(34(29,30)21-9-5-4-6-10-21)17-23(28)26-25-16-18-8-7-11-22(32-2)24(18)33-3/h4-16H,17H2,1-3H3,(H,26,28)/b25-16-. The van der Waals surface area contributed by atoms with Gasteiger partial charge >= 0.3 is 0 Å². The molecular weight excluding hydrogens is 458 g/mol. The number of amides is 1. The second kappa shape index (κ2) is 11.2. The Hall–Kier alpha value is -4.05. The Morgan fingerprint density at radius 1 is 0.912 bits per heavy atom. The van der Waals surface area contributed by atoms with Crippen molar-refractivity contribution < 1.29 is 27.4 Å². The van der Waals surface area contributed by atoms with E-state index in [9.17, 15) is 13.2 Å². The molecule has 0 saturated heterocycles. The molecule has 0 atom stereocenters. The average Bonchev–Trinajstić information content (AvgIpc) is 2.87. The summed E-state index contributed by atoms with van der Waals surface area (Å²) < 4.78 is 43.4. The van der Waals surface area contributed by atoms with E-state index in [-0.39, 0.29) is 4.90 Å². The number of hydrogen-bond acceptors (Lipinski definition) is 7. The lowest BCUT2D eigenvalue weighted by atomic mass is 10.2. The number of nitrogens with zero attached hydrogens (tertiary/aromatic N) is 2. The van der Waals surface area contributed by atoms with Gasteiger partial charge in [0, 0.05) is 5.56 Å². The van der Waals surface area contributed by atoms with E-state index in [1.807, 2.05) is 0 Å². The van der Waals surface area contributed by atoms with Crippen LogP contribution in [0, 0.1) is 0 Å². The van der Waals surface area contributed by atoms with Crippen molar-refractivity contribution in [1.82, 2.24) is 5.43 Å². The minimum absolute atomic E-state index is 0.0586. The van der Waals surface area contributed by atoms with E-state index in [1.54, 1.807) is 60.7 Å². The molecule has 1 amide bonds. The maximum absolute atomic E-state index is 13.3. The predicted octanol–water partition coefficient (Wildman–Crippen LogP) is 3.06. The van der Waals surface area contributed by atoms with Gasteiger partial charge in [-0.2, -0.15) is 5.10 Å². The third-order valence-corrected chi connectivity index (χ3v) is 6.59. The fraction of sp³-hybridized carbons (Fsp3) is 0.167. The van der Waals surface area contributed by atoms with E-state index in [0.29, 0.717) is 28.5 Å². The van der Waals surface area contributed by atoms with E-state index < -0.39 is 22.5 Å². The molecule has 3 aromatic rings. The van der Waals surface area contributed by atoms with E-state index in [2.05, 4.69) is 10.5 Å². The zero-order chi connectivity index (χ0) is 24.6. The number of carbonyl (C=O) groups excluding carboxylic acids is 1. The third-order valence-electron chi connectivity index (χ3n) is 4.81. The summed E-state index contributed by atoms with van der Waals surface area (Å²) in [5.41, 5.74) is 3.25. The van der Waals surface area contributed by atoms with Crippen LogP contribution < -0.4 is 23.9 Å². The highest BCUT2D eigenvalue weighted by molar-refractivity contribution is 7.92. The minimum Gasteiger partial charge on any atom is -0.497 e. The molecule has 0 aromatic heterocycles. The summed E-state index contributed by atoms with van der Waals surface area (Å²) in [7, 11) is 0.498. The Labute approximate surface area is 198 Å². The summed E-state index contributed by atoms with van der Waals surface area (Å²) in [6.45, 7) is -0.490. The van der Waals surface area contributed by atoms with E-state index in [1.165, 1.54) is 39.7 Å². The second-order valence-electron chi connectivity index (χ2n) is 6.90. The number of methoxy groups -OCH3 is 3. The van der Waals surface area contributed by atoms with Crippen molar-refractivity contribution in [3.8, 4) is 17.2 Å². The molecule has 178 valence electrons. The van der Waals surface area contributed by atoms with Crippen LogP contribution in [0.15, 0.2) is 82.8 Å². The van der Waals surface area contributed by atoms with Crippen LogP contribution in [0.2, 0.25) is 0 Å². The first-order valence-corrected chi connectivity index (χ1v) is 11.6. The predicted molar refractivity (Wildman–Crippen MR) is 129 cm³/mol. The second-order valence-corrected chi connectivity index (χ2v) is 8.76. The molecule has 0 unspecified atom stereocenters. The number of para-hydroxylation sites is 1. The average molecular weight is 484 g/mol. The number of nitrogens with one attached hydrogen (secondary N) is 1. The number of carbonyl (C=O) groups is 1. The number of ether oxygens (including phenoxy) is 3. The molecule has 3 rings (SSSR count). The van der Waals surface area contributed by atoms with E-state index in [4.69, 9.17) is 14.2 Å². The molecule has 0 radical (unpaired) electrons. The summed E-state index contributed by atoms with van der Waals surface area (Å²) >= 11 is 0. The largest absolute Gasteiger partial charge is 0.497 e. The van der Waals surface area contributed by atoms with Crippen LogP contribution in [0.3, 0.4) is 0 Å². The number of anilines is 1. The quantitative estimate of drug-likeness (QED) is 0.351. The van der Waals surface area contributed by atoms with Crippen LogP contribution in [0.25, 0.3) is 0 Å². The van der Waals surface area contributed by atoms with E-state index in [0.717, 1.165) is 4.31 Å². The van der Waals surface area contributed by atoms with Gasteiger partial charge in [-0.05, 0) is 48.5 Å².